The lowest BCUT2D eigenvalue weighted by Gasteiger charge is -2.63. The van der Waals surface area contributed by atoms with E-state index in [4.69, 9.17) is 9.47 Å². The maximum atomic E-state index is 12.5. The summed E-state index contributed by atoms with van der Waals surface area (Å²) in [5.74, 6) is 1.42. The van der Waals surface area contributed by atoms with Crippen molar-refractivity contribution in [2.75, 3.05) is 6.61 Å². The molecule has 5 saturated carbocycles. The van der Waals surface area contributed by atoms with Crippen LogP contribution in [-0.2, 0) is 9.47 Å². The molecule has 7 fully saturated rings. The highest BCUT2D eigenvalue weighted by Crippen LogP contribution is 2.90. The summed E-state index contributed by atoms with van der Waals surface area (Å²) in [5, 5.41) is 23.4. The molecule has 4 heteroatoms. The fourth-order valence-corrected chi connectivity index (χ4v) is 12.7. The number of hydrogen-bond donors (Lipinski definition) is 2. The largest absolute Gasteiger partial charge is 0.393 e. The van der Waals surface area contributed by atoms with Crippen LogP contribution in [0.4, 0.5) is 0 Å². The van der Waals surface area contributed by atoms with E-state index in [1.54, 1.807) is 0 Å². The second kappa shape index (κ2) is 6.11. The SMILES string of the molecule is CC(C)[C@]12CO[C@]3(O1)[C@@H](O)[C@@]1(C)[C@@H]4CC[C@@H]5C(C)(C)[C@H](O)CC[C@@]56C[C@]46CC[C@]1(C)[C@H]3[C@@H](C)C2. The quantitative estimate of drug-likeness (QED) is 0.526. The molecule has 0 radical (unpaired) electrons. The molecular weight excluding hydrogens is 424 g/mol. The molecule has 2 heterocycles. The second-order valence-corrected chi connectivity index (χ2v) is 15.6. The Morgan fingerprint density at radius 3 is 2.26 bits per heavy atom. The average molecular weight is 473 g/mol. The molecule has 2 aliphatic heterocycles. The van der Waals surface area contributed by atoms with E-state index in [1.807, 2.05) is 0 Å². The van der Waals surface area contributed by atoms with Gasteiger partial charge in [0.05, 0.1) is 18.3 Å². The minimum Gasteiger partial charge on any atom is -0.393 e. The van der Waals surface area contributed by atoms with Crippen molar-refractivity contribution in [1.29, 1.82) is 0 Å². The molecule has 2 N–H and O–H groups in total. The summed E-state index contributed by atoms with van der Waals surface area (Å²) in [5.41, 5.74) is 0.281. The zero-order valence-corrected chi connectivity index (χ0v) is 22.6. The first kappa shape index (κ1) is 23.0. The van der Waals surface area contributed by atoms with E-state index < -0.39 is 11.9 Å². The first-order chi connectivity index (χ1) is 15.8. The van der Waals surface area contributed by atoms with Crippen molar-refractivity contribution in [3.63, 3.8) is 0 Å². The van der Waals surface area contributed by atoms with Crippen LogP contribution in [0.3, 0.4) is 0 Å². The molecule has 34 heavy (non-hydrogen) atoms. The summed E-state index contributed by atoms with van der Waals surface area (Å²) < 4.78 is 13.8. The van der Waals surface area contributed by atoms with Gasteiger partial charge in [-0.15, -0.1) is 0 Å². The zero-order valence-electron chi connectivity index (χ0n) is 22.6. The summed E-state index contributed by atoms with van der Waals surface area (Å²) in [7, 11) is 0. The van der Waals surface area contributed by atoms with Gasteiger partial charge in [-0.05, 0) is 96.7 Å². The van der Waals surface area contributed by atoms with E-state index >= 15 is 0 Å². The molecule has 7 aliphatic rings. The highest BCUT2D eigenvalue weighted by Gasteiger charge is 2.88. The van der Waals surface area contributed by atoms with Gasteiger partial charge in [-0.1, -0.05) is 48.5 Å². The van der Waals surface area contributed by atoms with Crippen LogP contribution in [-0.4, -0.2) is 40.4 Å². The zero-order chi connectivity index (χ0) is 24.3. The first-order valence-corrected chi connectivity index (χ1v) is 14.5. The number of fused-ring (bicyclic) bond motifs is 4. The molecule has 0 aromatic rings. The maximum absolute atomic E-state index is 12.5. The minimum absolute atomic E-state index is 0.00159. The molecule has 0 unspecified atom stereocenters. The van der Waals surface area contributed by atoms with Crippen LogP contribution < -0.4 is 0 Å². The molecule has 0 amide bonds. The Bertz CT molecular complexity index is 931. The third kappa shape index (κ3) is 2.04. The standard InChI is InChI=1S/C30H48O4/c1-17(2)29-14-18(3)22-25(6)12-13-28-15-27(28)11-10-21(31)24(4,5)19(27)8-9-20(28)26(25,7)23(32)30(22,34-29)33-16-29/h17-23,31-32H,8-16H2,1-7H3/t18-,19+,20-,21+,22+,23-,25+,26+,27+,28+,29-,30+/m0/s1. The highest BCUT2D eigenvalue weighted by atomic mass is 16.8. The molecule has 0 aromatic heterocycles. The van der Waals surface area contributed by atoms with Crippen LogP contribution in [0.15, 0.2) is 0 Å². The lowest BCUT2D eigenvalue weighted by atomic mass is 9.41. The van der Waals surface area contributed by atoms with Crippen molar-refractivity contribution in [3.05, 3.63) is 0 Å². The Kier molecular flexibility index (Phi) is 4.13. The molecule has 3 spiro atoms. The van der Waals surface area contributed by atoms with Gasteiger partial charge in [0.25, 0.3) is 0 Å². The third-order valence-corrected chi connectivity index (χ3v) is 14.5. The Labute approximate surface area is 206 Å². The molecule has 7 rings (SSSR count). The summed E-state index contributed by atoms with van der Waals surface area (Å²) in [6, 6.07) is 0. The van der Waals surface area contributed by atoms with Crippen molar-refractivity contribution in [3.8, 4) is 0 Å². The van der Waals surface area contributed by atoms with Crippen LogP contribution in [0.1, 0.15) is 99.8 Å². The van der Waals surface area contributed by atoms with E-state index in [0.29, 0.717) is 41.1 Å². The number of aliphatic hydroxyl groups is 2. The summed E-state index contributed by atoms with van der Waals surface area (Å²) in [6.07, 6.45) is 8.57. The fraction of sp³-hybridized carbons (Fsp3) is 1.00. The summed E-state index contributed by atoms with van der Waals surface area (Å²) >= 11 is 0. The van der Waals surface area contributed by atoms with Gasteiger partial charge in [0, 0.05) is 11.3 Å². The van der Waals surface area contributed by atoms with Crippen LogP contribution >= 0.6 is 0 Å². The van der Waals surface area contributed by atoms with Crippen molar-refractivity contribution in [2.45, 2.75) is 123 Å². The van der Waals surface area contributed by atoms with E-state index in [0.717, 1.165) is 12.8 Å². The number of hydrogen-bond acceptors (Lipinski definition) is 4. The van der Waals surface area contributed by atoms with Crippen LogP contribution in [0.25, 0.3) is 0 Å². The van der Waals surface area contributed by atoms with Gasteiger partial charge in [0.2, 0.25) is 0 Å². The molecule has 0 aromatic carbocycles. The van der Waals surface area contributed by atoms with E-state index in [2.05, 4.69) is 48.5 Å². The number of rotatable bonds is 1. The average Bonchev–Trinajstić information content (AvgIpc) is 3.29. The molecule has 4 nitrogen and oxygen atoms in total. The second-order valence-electron chi connectivity index (χ2n) is 15.6. The number of aliphatic hydroxyl groups excluding tert-OH is 2. The first-order valence-electron chi connectivity index (χ1n) is 14.5. The van der Waals surface area contributed by atoms with Gasteiger partial charge in [-0.25, -0.2) is 0 Å². The van der Waals surface area contributed by atoms with Crippen molar-refractivity contribution in [1.82, 2.24) is 0 Å². The molecule has 2 bridgehead atoms. The summed E-state index contributed by atoms with van der Waals surface area (Å²) in [6.45, 7) is 17.2. The van der Waals surface area contributed by atoms with Gasteiger partial charge >= 0.3 is 0 Å². The lowest BCUT2D eigenvalue weighted by molar-refractivity contribution is -0.297. The molecule has 192 valence electrons. The van der Waals surface area contributed by atoms with Gasteiger partial charge in [-0.2, -0.15) is 0 Å². The molecule has 12 atom stereocenters. The van der Waals surface area contributed by atoms with Gasteiger partial charge in [0.15, 0.2) is 5.79 Å². The Morgan fingerprint density at radius 1 is 0.882 bits per heavy atom. The van der Waals surface area contributed by atoms with Crippen molar-refractivity contribution < 1.29 is 19.7 Å². The minimum atomic E-state index is -0.835. The predicted octanol–water partition coefficient (Wildman–Crippen LogP) is 5.54. The molecule has 5 aliphatic carbocycles. The normalized spacial score (nSPS) is 65.1. The Balaban J connectivity index is 1.33. The van der Waals surface area contributed by atoms with Gasteiger partial charge < -0.3 is 19.7 Å². The predicted molar refractivity (Wildman–Crippen MR) is 131 cm³/mol. The summed E-state index contributed by atoms with van der Waals surface area (Å²) in [4.78, 5) is 0. The van der Waals surface area contributed by atoms with E-state index in [-0.39, 0.29) is 33.9 Å². The maximum Gasteiger partial charge on any atom is 0.199 e. The van der Waals surface area contributed by atoms with Gasteiger partial charge in [0.1, 0.15) is 6.10 Å². The smallest absolute Gasteiger partial charge is 0.199 e. The van der Waals surface area contributed by atoms with Crippen LogP contribution in [0.5, 0.6) is 0 Å². The fourth-order valence-electron chi connectivity index (χ4n) is 12.7. The van der Waals surface area contributed by atoms with E-state index in [1.165, 1.54) is 38.5 Å². The van der Waals surface area contributed by atoms with Gasteiger partial charge in [-0.3, -0.25) is 0 Å². The topological polar surface area (TPSA) is 58.9 Å². The lowest BCUT2D eigenvalue weighted by Crippen LogP contribution is -2.60. The highest BCUT2D eigenvalue weighted by molar-refractivity contribution is 5.34. The monoisotopic (exact) mass is 472 g/mol. The molecule has 2 saturated heterocycles. The van der Waals surface area contributed by atoms with Crippen molar-refractivity contribution in [2.24, 2.45) is 56.7 Å². The third-order valence-electron chi connectivity index (χ3n) is 14.5. The Morgan fingerprint density at radius 2 is 1.56 bits per heavy atom. The van der Waals surface area contributed by atoms with Crippen LogP contribution in [0.2, 0.25) is 0 Å². The number of ether oxygens (including phenoxy) is 2. The van der Waals surface area contributed by atoms with E-state index in [9.17, 15) is 10.2 Å². The Hall–Kier alpha value is -0.160. The molecular formula is C30H48O4. The van der Waals surface area contributed by atoms with Crippen LogP contribution in [0, 0.1) is 56.7 Å². The van der Waals surface area contributed by atoms with Crippen molar-refractivity contribution >= 4 is 0 Å².